The van der Waals surface area contributed by atoms with Gasteiger partial charge in [-0.15, -0.1) is 0 Å². The number of carbonyl (C=O) groups excluding carboxylic acids is 2. The third kappa shape index (κ3) is 4.49. The van der Waals surface area contributed by atoms with Gasteiger partial charge >= 0.3 is 5.97 Å². The van der Waals surface area contributed by atoms with Crippen molar-refractivity contribution in [1.29, 1.82) is 0 Å². The number of nitrogens with one attached hydrogen (secondary N) is 2. The molecule has 10 nitrogen and oxygen atoms in total. The molecule has 0 saturated heterocycles. The number of hydrogen-bond acceptors (Lipinski definition) is 5. The average Bonchev–Trinajstić information content (AvgIpc) is 3.37. The fourth-order valence-electron chi connectivity index (χ4n) is 2.63. The van der Waals surface area contributed by atoms with Crippen LogP contribution in [0, 0.1) is 0 Å². The molecule has 0 aliphatic carbocycles. The molecular formula is C19H20N6O4. The molecule has 0 bridgehead atoms. The van der Waals surface area contributed by atoms with Crippen molar-refractivity contribution < 1.29 is 19.5 Å². The second kappa shape index (κ2) is 8.38. The SMILES string of the molecule is CCn1ccc(C(=O)Nc2cccc(NC(=O)c3ccnn3C(C)C(=O)O)c2)n1. The standard InChI is InChI=1S/C19H20N6O4/c1-3-24-10-8-15(23-24)17(26)21-13-5-4-6-14(11-13)22-18(27)16-7-9-20-25(16)12(2)19(28)29/h4-12H,3H2,1-2H3,(H,21,26)(H,22,27)(H,28,29). The van der Waals surface area contributed by atoms with Gasteiger partial charge in [-0.05, 0) is 44.2 Å². The molecule has 0 fully saturated rings. The van der Waals surface area contributed by atoms with Crippen molar-refractivity contribution in [2.45, 2.75) is 26.4 Å². The van der Waals surface area contributed by atoms with E-state index in [1.807, 2.05) is 6.92 Å². The van der Waals surface area contributed by atoms with E-state index in [0.717, 1.165) is 4.68 Å². The van der Waals surface area contributed by atoms with Crippen LogP contribution in [-0.2, 0) is 11.3 Å². The minimum atomic E-state index is -1.10. The molecule has 1 unspecified atom stereocenters. The Kier molecular flexibility index (Phi) is 5.72. The lowest BCUT2D eigenvalue weighted by Crippen LogP contribution is -2.24. The Hall–Kier alpha value is -3.95. The molecule has 1 aromatic carbocycles. The molecule has 0 saturated carbocycles. The van der Waals surface area contributed by atoms with Crippen LogP contribution in [0.5, 0.6) is 0 Å². The molecule has 0 aliphatic rings. The normalized spacial score (nSPS) is 11.7. The topological polar surface area (TPSA) is 131 Å². The zero-order valence-electron chi connectivity index (χ0n) is 15.9. The van der Waals surface area contributed by atoms with Gasteiger partial charge in [-0.25, -0.2) is 9.48 Å². The maximum atomic E-state index is 12.5. The van der Waals surface area contributed by atoms with Crippen LogP contribution in [0.4, 0.5) is 11.4 Å². The van der Waals surface area contributed by atoms with Gasteiger partial charge in [0.15, 0.2) is 5.69 Å². The van der Waals surface area contributed by atoms with Crippen LogP contribution in [0.25, 0.3) is 0 Å². The van der Waals surface area contributed by atoms with Gasteiger partial charge in [-0.3, -0.25) is 14.3 Å². The fourth-order valence-corrected chi connectivity index (χ4v) is 2.63. The molecule has 10 heteroatoms. The number of carboxylic acids is 1. The third-order valence-corrected chi connectivity index (χ3v) is 4.20. The van der Waals surface area contributed by atoms with Crippen molar-refractivity contribution in [3.8, 4) is 0 Å². The zero-order chi connectivity index (χ0) is 21.0. The summed E-state index contributed by atoms with van der Waals surface area (Å²) in [6.45, 7) is 4.01. The first-order valence-corrected chi connectivity index (χ1v) is 8.91. The monoisotopic (exact) mass is 396 g/mol. The number of carbonyl (C=O) groups is 3. The van der Waals surface area contributed by atoms with Gasteiger partial charge in [0.05, 0.1) is 0 Å². The molecule has 3 N–H and O–H groups in total. The summed E-state index contributed by atoms with van der Waals surface area (Å²) in [5.74, 6) is -1.98. The van der Waals surface area contributed by atoms with E-state index in [0.29, 0.717) is 17.9 Å². The number of aliphatic carboxylic acids is 1. The molecule has 2 aromatic heterocycles. The Morgan fingerprint density at radius 1 is 1.10 bits per heavy atom. The lowest BCUT2D eigenvalue weighted by atomic mass is 10.2. The van der Waals surface area contributed by atoms with Crippen molar-refractivity contribution in [2.24, 2.45) is 0 Å². The van der Waals surface area contributed by atoms with Gasteiger partial charge in [-0.1, -0.05) is 6.07 Å². The van der Waals surface area contributed by atoms with Crippen LogP contribution in [0.2, 0.25) is 0 Å². The molecule has 2 heterocycles. The number of benzene rings is 1. The van der Waals surface area contributed by atoms with Gasteiger partial charge in [0.25, 0.3) is 11.8 Å². The molecule has 0 aliphatic heterocycles. The van der Waals surface area contributed by atoms with Crippen LogP contribution in [0.3, 0.4) is 0 Å². The van der Waals surface area contributed by atoms with E-state index in [2.05, 4.69) is 20.8 Å². The number of anilines is 2. The smallest absolute Gasteiger partial charge is 0.328 e. The van der Waals surface area contributed by atoms with E-state index < -0.39 is 17.9 Å². The highest BCUT2D eigenvalue weighted by atomic mass is 16.4. The molecule has 2 amide bonds. The first-order chi connectivity index (χ1) is 13.9. The first-order valence-electron chi connectivity index (χ1n) is 8.91. The lowest BCUT2D eigenvalue weighted by molar-refractivity contribution is -0.140. The summed E-state index contributed by atoms with van der Waals surface area (Å²) in [6, 6.07) is 8.67. The third-order valence-electron chi connectivity index (χ3n) is 4.20. The van der Waals surface area contributed by atoms with Crippen LogP contribution in [0.1, 0.15) is 40.9 Å². The summed E-state index contributed by atoms with van der Waals surface area (Å²) in [4.78, 5) is 36.0. The molecular weight excluding hydrogens is 376 g/mol. The Morgan fingerprint density at radius 2 is 1.79 bits per heavy atom. The predicted molar refractivity (Wildman–Crippen MR) is 105 cm³/mol. The van der Waals surface area contributed by atoms with E-state index in [1.165, 1.54) is 19.2 Å². The van der Waals surface area contributed by atoms with Crippen LogP contribution >= 0.6 is 0 Å². The van der Waals surface area contributed by atoms with E-state index in [-0.39, 0.29) is 17.3 Å². The number of amides is 2. The maximum absolute atomic E-state index is 12.5. The summed E-state index contributed by atoms with van der Waals surface area (Å²) in [6.07, 6.45) is 3.08. The Labute approximate surface area is 166 Å². The lowest BCUT2D eigenvalue weighted by Gasteiger charge is -2.12. The van der Waals surface area contributed by atoms with Gasteiger partial charge in [0, 0.05) is 30.3 Å². The van der Waals surface area contributed by atoms with Crippen molar-refractivity contribution in [1.82, 2.24) is 19.6 Å². The van der Waals surface area contributed by atoms with E-state index in [4.69, 9.17) is 5.11 Å². The molecule has 1 atom stereocenters. The minimum absolute atomic E-state index is 0.111. The van der Waals surface area contributed by atoms with Crippen molar-refractivity contribution >= 4 is 29.2 Å². The first kappa shape index (κ1) is 19.8. The molecule has 29 heavy (non-hydrogen) atoms. The van der Waals surface area contributed by atoms with Gasteiger partial charge in [-0.2, -0.15) is 10.2 Å². The van der Waals surface area contributed by atoms with Crippen LogP contribution < -0.4 is 10.6 Å². The van der Waals surface area contributed by atoms with Crippen molar-refractivity contribution in [3.63, 3.8) is 0 Å². The number of rotatable bonds is 7. The van der Waals surface area contributed by atoms with Gasteiger partial charge in [0.1, 0.15) is 11.7 Å². The molecule has 3 aromatic rings. The van der Waals surface area contributed by atoms with Crippen LogP contribution in [-0.4, -0.2) is 42.5 Å². The number of carboxylic acid groups (broad SMARTS) is 1. The Bertz CT molecular complexity index is 1050. The maximum Gasteiger partial charge on any atom is 0.328 e. The van der Waals surface area contributed by atoms with Gasteiger partial charge in [0.2, 0.25) is 0 Å². The number of nitrogens with zero attached hydrogens (tertiary/aromatic N) is 4. The van der Waals surface area contributed by atoms with Crippen molar-refractivity contribution in [3.05, 3.63) is 60.2 Å². The zero-order valence-corrected chi connectivity index (χ0v) is 15.9. The fraction of sp³-hybridized carbons (Fsp3) is 0.211. The summed E-state index contributed by atoms with van der Waals surface area (Å²) in [5.41, 5.74) is 1.31. The highest BCUT2D eigenvalue weighted by Crippen LogP contribution is 2.18. The predicted octanol–water partition coefficient (Wildman–Crippen LogP) is 2.25. The highest BCUT2D eigenvalue weighted by molar-refractivity contribution is 6.05. The molecule has 0 spiro atoms. The summed E-state index contributed by atoms with van der Waals surface area (Å²) < 4.78 is 2.78. The summed E-state index contributed by atoms with van der Waals surface area (Å²) >= 11 is 0. The summed E-state index contributed by atoms with van der Waals surface area (Å²) in [7, 11) is 0. The van der Waals surface area contributed by atoms with E-state index in [1.54, 1.807) is 41.2 Å². The molecule has 3 rings (SSSR count). The minimum Gasteiger partial charge on any atom is -0.480 e. The average molecular weight is 396 g/mol. The van der Waals surface area contributed by atoms with Gasteiger partial charge < -0.3 is 15.7 Å². The van der Waals surface area contributed by atoms with E-state index in [9.17, 15) is 14.4 Å². The Balaban J connectivity index is 1.72. The molecule has 0 radical (unpaired) electrons. The van der Waals surface area contributed by atoms with Crippen LogP contribution in [0.15, 0.2) is 48.8 Å². The second-order valence-electron chi connectivity index (χ2n) is 6.22. The number of aromatic nitrogens is 4. The van der Waals surface area contributed by atoms with E-state index >= 15 is 0 Å². The molecule has 150 valence electrons. The number of aryl methyl sites for hydroxylation is 1. The second-order valence-corrected chi connectivity index (χ2v) is 6.22. The highest BCUT2D eigenvalue weighted by Gasteiger charge is 2.21. The number of hydrogen-bond donors (Lipinski definition) is 3. The van der Waals surface area contributed by atoms with Crippen molar-refractivity contribution in [2.75, 3.05) is 10.6 Å². The Morgan fingerprint density at radius 3 is 2.41 bits per heavy atom. The largest absolute Gasteiger partial charge is 0.480 e. The quantitative estimate of drug-likeness (QED) is 0.561. The summed E-state index contributed by atoms with van der Waals surface area (Å²) in [5, 5.41) is 22.6.